The first-order valence-corrected chi connectivity index (χ1v) is 8.19. The fraction of sp³-hybridized carbons (Fsp3) is 0.500. The molecule has 1 aromatic rings. The second-order valence-corrected chi connectivity index (χ2v) is 6.76. The van der Waals surface area contributed by atoms with E-state index in [1.807, 2.05) is 19.9 Å². The molecule has 130 valence electrons. The normalized spacial score (nSPS) is 15.2. The lowest BCUT2D eigenvalue weighted by Crippen LogP contribution is -2.34. The van der Waals surface area contributed by atoms with Gasteiger partial charge in [0.05, 0.1) is 6.42 Å². The summed E-state index contributed by atoms with van der Waals surface area (Å²) in [5.74, 6) is -1.61. The summed E-state index contributed by atoms with van der Waals surface area (Å²) >= 11 is 0. The molecule has 0 spiro atoms. The van der Waals surface area contributed by atoms with Crippen molar-refractivity contribution in [2.45, 2.75) is 33.1 Å². The van der Waals surface area contributed by atoms with Crippen LogP contribution in [-0.4, -0.2) is 41.4 Å². The van der Waals surface area contributed by atoms with Gasteiger partial charge in [0.25, 0.3) is 5.91 Å². The van der Waals surface area contributed by atoms with Crippen LogP contribution in [-0.2, 0) is 16.0 Å². The van der Waals surface area contributed by atoms with Crippen LogP contribution in [0.1, 0.15) is 42.6 Å². The van der Waals surface area contributed by atoms with E-state index in [0.29, 0.717) is 24.2 Å². The Kier molecular flexibility index (Phi) is 5.59. The Morgan fingerprint density at radius 2 is 2.04 bits per heavy atom. The molecule has 6 nitrogen and oxygen atoms in total. The van der Waals surface area contributed by atoms with Crippen LogP contribution in [0.3, 0.4) is 0 Å². The summed E-state index contributed by atoms with van der Waals surface area (Å²) in [6, 6.07) is 5.23. The number of carboxylic acid groups (broad SMARTS) is 1. The number of nitrogens with one attached hydrogen (secondary N) is 1. The molecule has 1 unspecified atom stereocenters. The van der Waals surface area contributed by atoms with Gasteiger partial charge in [0.1, 0.15) is 0 Å². The molecule has 1 atom stereocenters. The Hall–Kier alpha value is -2.37. The fourth-order valence-corrected chi connectivity index (χ4v) is 2.99. The maximum Gasteiger partial charge on any atom is 0.304 e. The third-order valence-electron chi connectivity index (χ3n) is 4.21. The van der Waals surface area contributed by atoms with Gasteiger partial charge in [-0.2, -0.15) is 0 Å². The molecule has 24 heavy (non-hydrogen) atoms. The van der Waals surface area contributed by atoms with Crippen molar-refractivity contribution >= 4 is 23.5 Å². The molecule has 1 aliphatic rings. The molecule has 1 aromatic carbocycles. The number of nitrogens with zero attached hydrogens (tertiary/aromatic N) is 1. The van der Waals surface area contributed by atoms with Crippen molar-refractivity contribution in [2.24, 2.45) is 11.8 Å². The molecule has 0 bridgehead atoms. The Balaban J connectivity index is 2.13. The van der Waals surface area contributed by atoms with Gasteiger partial charge in [0.15, 0.2) is 0 Å². The summed E-state index contributed by atoms with van der Waals surface area (Å²) < 4.78 is 0. The molecule has 2 rings (SSSR count). The largest absolute Gasteiger partial charge is 0.481 e. The third-order valence-corrected chi connectivity index (χ3v) is 4.21. The Morgan fingerprint density at radius 3 is 2.67 bits per heavy atom. The van der Waals surface area contributed by atoms with Crippen LogP contribution in [0, 0.1) is 11.8 Å². The van der Waals surface area contributed by atoms with Crippen LogP contribution in [0.2, 0.25) is 0 Å². The second-order valence-electron chi connectivity index (χ2n) is 6.76. The maximum atomic E-state index is 12.4. The first-order chi connectivity index (χ1) is 11.3. The van der Waals surface area contributed by atoms with E-state index >= 15 is 0 Å². The van der Waals surface area contributed by atoms with Crippen LogP contribution >= 0.6 is 0 Å². The SMILES string of the molecule is CC(C)CC(CC(=O)O)C(=O)Nc1ccc2c(c1)CCN(C)C2=O. The van der Waals surface area contributed by atoms with E-state index in [4.69, 9.17) is 5.11 Å². The maximum absolute atomic E-state index is 12.4. The molecule has 6 heteroatoms. The molecular weight excluding hydrogens is 308 g/mol. The standard InChI is InChI=1S/C18H24N2O4/c1-11(2)8-13(10-16(21)22)17(23)19-14-4-5-15-12(9-14)6-7-20(3)18(15)24/h4-5,9,11,13H,6-8,10H2,1-3H3,(H,19,23)(H,21,22). The number of hydrogen-bond donors (Lipinski definition) is 2. The summed E-state index contributed by atoms with van der Waals surface area (Å²) in [6.07, 6.45) is 1.08. The van der Waals surface area contributed by atoms with Crippen LogP contribution in [0.4, 0.5) is 5.69 Å². The van der Waals surface area contributed by atoms with Crippen molar-refractivity contribution in [1.82, 2.24) is 4.90 Å². The van der Waals surface area contributed by atoms with E-state index in [2.05, 4.69) is 5.32 Å². The van der Waals surface area contributed by atoms with Gasteiger partial charge in [-0.25, -0.2) is 0 Å². The molecule has 1 heterocycles. The van der Waals surface area contributed by atoms with Crippen molar-refractivity contribution in [3.63, 3.8) is 0 Å². The van der Waals surface area contributed by atoms with Crippen LogP contribution in [0.15, 0.2) is 18.2 Å². The predicted octanol–water partition coefficient (Wildman–Crippen LogP) is 2.39. The van der Waals surface area contributed by atoms with Gasteiger partial charge < -0.3 is 15.3 Å². The van der Waals surface area contributed by atoms with E-state index in [1.165, 1.54) is 0 Å². The number of carboxylic acids is 1. The zero-order valence-corrected chi connectivity index (χ0v) is 14.3. The number of carbonyl (C=O) groups excluding carboxylic acids is 2. The highest BCUT2D eigenvalue weighted by atomic mass is 16.4. The molecule has 0 fully saturated rings. The molecule has 2 N–H and O–H groups in total. The first-order valence-electron chi connectivity index (χ1n) is 8.19. The quantitative estimate of drug-likeness (QED) is 0.837. The number of hydrogen-bond acceptors (Lipinski definition) is 3. The van der Waals surface area contributed by atoms with Gasteiger partial charge in [-0.05, 0) is 42.5 Å². The number of fused-ring (bicyclic) bond motifs is 1. The average Bonchev–Trinajstić information content (AvgIpc) is 2.49. The van der Waals surface area contributed by atoms with E-state index in [-0.39, 0.29) is 24.2 Å². The number of aliphatic carboxylic acids is 1. The van der Waals surface area contributed by atoms with Gasteiger partial charge in [-0.3, -0.25) is 14.4 Å². The van der Waals surface area contributed by atoms with E-state index < -0.39 is 11.9 Å². The Bertz CT molecular complexity index is 654. The molecule has 0 aromatic heterocycles. The highest BCUT2D eigenvalue weighted by molar-refractivity contribution is 5.98. The van der Waals surface area contributed by atoms with Crippen molar-refractivity contribution in [2.75, 3.05) is 18.9 Å². The smallest absolute Gasteiger partial charge is 0.304 e. The number of carbonyl (C=O) groups is 3. The molecule has 0 saturated heterocycles. The number of benzene rings is 1. The van der Waals surface area contributed by atoms with Crippen molar-refractivity contribution in [3.8, 4) is 0 Å². The number of likely N-dealkylation sites (N-methyl/N-ethyl adjacent to an activating group) is 1. The first kappa shape index (κ1) is 18.0. The van der Waals surface area contributed by atoms with Crippen LogP contribution < -0.4 is 5.32 Å². The second kappa shape index (κ2) is 7.47. The summed E-state index contributed by atoms with van der Waals surface area (Å²) in [6.45, 7) is 4.57. The van der Waals surface area contributed by atoms with Gasteiger partial charge in [-0.1, -0.05) is 13.8 Å². The topological polar surface area (TPSA) is 86.7 Å². The van der Waals surface area contributed by atoms with E-state index in [1.54, 1.807) is 24.1 Å². The molecule has 0 aliphatic carbocycles. The molecule has 1 aliphatic heterocycles. The van der Waals surface area contributed by atoms with Crippen molar-refractivity contribution in [1.29, 1.82) is 0 Å². The number of anilines is 1. The number of rotatable bonds is 6. The minimum Gasteiger partial charge on any atom is -0.481 e. The molecular formula is C18H24N2O4. The lowest BCUT2D eigenvalue weighted by atomic mass is 9.93. The Morgan fingerprint density at radius 1 is 1.33 bits per heavy atom. The summed E-state index contributed by atoms with van der Waals surface area (Å²) in [4.78, 5) is 37.1. The molecule has 0 radical (unpaired) electrons. The monoisotopic (exact) mass is 332 g/mol. The molecule has 0 saturated carbocycles. The fourth-order valence-electron chi connectivity index (χ4n) is 2.99. The van der Waals surface area contributed by atoms with Crippen molar-refractivity contribution in [3.05, 3.63) is 29.3 Å². The lowest BCUT2D eigenvalue weighted by Gasteiger charge is -2.25. The summed E-state index contributed by atoms with van der Waals surface area (Å²) in [5, 5.41) is 11.8. The van der Waals surface area contributed by atoms with Gasteiger partial charge in [0.2, 0.25) is 5.91 Å². The molecule has 2 amide bonds. The summed E-state index contributed by atoms with van der Waals surface area (Å²) in [7, 11) is 1.77. The minimum atomic E-state index is -0.977. The minimum absolute atomic E-state index is 0.0160. The Labute approximate surface area is 141 Å². The highest BCUT2D eigenvalue weighted by Crippen LogP contribution is 2.23. The van der Waals surface area contributed by atoms with E-state index in [9.17, 15) is 14.4 Å². The zero-order chi connectivity index (χ0) is 17.9. The highest BCUT2D eigenvalue weighted by Gasteiger charge is 2.25. The lowest BCUT2D eigenvalue weighted by molar-refractivity contribution is -0.140. The van der Waals surface area contributed by atoms with Crippen LogP contribution in [0.25, 0.3) is 0 Å². The third kappa shape index (κ3) is 4.34. The summed E-state index contributed by atoms with van der Waals surface area (Å²) in [5.41, 5.74) is 2.18. The number of amides is 2. The van der Waals surface area contributed by atoms with Crippen molar-refractivity contribution < 1.29 is 19.5 Å². The average molecular weight is 332 g/mol. The van der Waals surface area contributed by atoms with Gasteiger partial charge >= 0.3 is 5.97 Å². The van der Waals surface area contributed by atoms with E-state index in [0.717, 1.165) is 12.0 Å². The van der Waals surface area contributed by atoms with Crippen LogP contribution in [0.5, 0.6) is 0 Å². The predicted molar refractivity (Wildman–Crippen MR) is 90.9 cm³/mol. The van der Waals surface area contributed by atoms with Gasteiger partial charge in [0, 0.05) is 30.8 Å². The van der Waals surface area contributed by atoms with Gasteiger partial charge in [-0.15, -0.1) is 0 Å². The zero-order valence-electron chi connectivity index (χ0n) is 14.3.